The van der Waals surface area contributed by atoms with Crippen molar-refractivity contribution in [3.05, 3.63) is 56.7 Å². The first-order chi connectivity index (χ1) is 11.6. The van der Waals surface area contributed by atoms with Crippen molar-refractivity contribution in [2.45, 2.75) is 39.0 Å². The van der Waals surface area contributed by atoms with Gasteiger partial charge in [0.1, 0.15) is 0 Å². The van der Waals surface area contributed by atoms with Crippen LogP contribution in [0.4, 0.5) is 0 Å². The smallest absolute Gasteiger partial charge is 0.222 e. The molecule has 128 valence electrons. The summed E-state index contributed by atoms with van der Waals surface area (Å²) < 4.78 is 0.800. The highest BCUT2D eigenvalue weighted by atomic mass is 35.5. The van der Waals surface area contributed by atoms with Gasteiger partial charge in [-0.3, -0.25) is 4.79 Å². The van der Waals surface area contributed by atoms with Crippen LogP contribution in [0.3, 0.4) is 0 Å². The molecule has 1 atom stereocenters. The summed E-state index contributed by atoms with van der Waals surface area (Å²) in [6, 6.07) is 12.7. The summed E-state index contributed by atoms with van der Waals surface area (Å²) in [4.78, 5) is 15.8. The van der Waals surface area contributed by atoms with E-state index in [4.69, 9.17) is 11.6 Å². The lowest BCUT2D eigenvalue weighted by atomic mass is 9.91. The number of halogens is 1. The lowest BCUT2D eigenvalue weighted by molar-refractivity contribution is -0.132. The molecule has 3 rings (SSSR count). The molecule has 0 radical (unpaired) electrons. The number of carbonyl (C=O) groups excluding carboxylic acids is 1. The van der Waals surface area contributed by atoms with Gasteiger partial charge in [-0.2, -0.15) is 0 Å². The van der Waals surface area contributed by atoms with Crippen molar-refractivity contribution >= 4 is 28.8 Å². The van der Waals surface area contributed by atoms with Gasteiger partial charge in [0.2, 0.25) is 5.91 Å². The maximum atomic E-state index is 12.5. The predicted octanol–water partition coefficient (Wildman–Crippen LogP) is 5.12. The van der Waals surface area contributed by atoms with Gasteiger partial charge in [0.15, 0.2) is 0 Å². The third-order valence-electron chi connectivity index (χ3n) is 4.73. The van der Waals surface area contributed by atoms with Crippen LogP contribution >= 0.6 is 22.9 Å². The standard InChI is InChI=1S/C20H24ClNOS/c1-15-4-6-16(7-5-15)13-17-3-2-12-22(14-17)20(23)11-9-18-8-10-19(21)24-18/h4-8,10,17H,2-3,9,11-14H2,1H3. The monoisotopic (exact) mass is 361 g/mol. The number of piperidine rings is 1. The fourth-order valence-electron chi connectivity index (χ4n) is 3.39. The van der Waals surface area contributed by atoms with Crippen molar-refractivity contribution in [3.63, 3.8) is 0 Å². The molecule has 2 heterocycles. The summed E-state index contributed by atoms with van der Waals surface area (Å²) in [5, 5.41) is 0. The first kappa shape index (κ1) is 17.5. The van der Waals surface area contributed by atoms with Crippen LogP contribution in [0.5, 0.6) is 0 Å². The number of thiophene rings is 1. The zero-order chi connectivity index (χ0) is 16.9. The van der Waals surface area contributed by atoms with Crippen LogP contribution in [0, 0.1) is 12.8 Å². The molecule has 0 aliphatic carbocycles. The van der Waals surface area contributed by atoms with E-state index in [9.17, 15) is 4.79 Å². The molecule has 4 heteroatoms. The largest absolute Gasteiger partial charge is 0.342 e. The molecule has 1 saturated heterocycles. The summed E-state index contributed by atoms with van der Waals surface area (Å²) in [5.41, 5.74) is 2.68. The van der Waals surface area contributed by atoms with Crippen molar-refractivity contribution in [2.24, 2.45) is 5.92 Å². The molecule has 1 fully saturated rings. The van der Waals surface area contributed by atoms with E-state index in [-0.39, 0.29) is 5.91 Å². The Bertz CT molecular complexity index is 679. The second-order valence-corrected chi connectivity index (χ2v) is 8.54. The third-order valence-corrected chi connectivity index (χ3v) is 6.02. The Balaban J connectivity index is 1.50. The number of carbonyl (C=O) groups is 1. The number of benzene rings is 1. The summed E-state index contributed by atoms with van der Waals surface area (Å²) in [6.07, 6.45) is 4.80. The van der Waals surface area contributed by atoms with E-state index >= 15 is 0 Å². The van der Waals surface area contributed by atoms with Gasteiger partial charge in [0.25, 0.3) is 0 Å². The molecule has 0 spiro atoms. The average molecular weight is 362 g/mol. The summed E-state index contributed by atoms with van der Waals surface area (Å²) >= 11 is 7.53. The van der Waals surface area contributed by atoms with Gasteiger partial charge >= 0.3 is 0 Å². The van der Waals surface area contributed by atoms with E-state index in [1.807, 2.05) is 12.1 Å². The molecular weight excluding hydrogens is 338 g/mol. The Kier molecular flexibility index (Phi) is 5.96. The number of hydrogen-bond acceptors (Lipinski definition) is 2. The number of hydrogen-bond donors (Lipinski definition) is 0. The molecule has 2 aromatic rings. The molecule has 0 N–H and O–H groups in total. The topological polar surface area (TPSA) is 20.3 Å². The van der Waals surface area contributed by atoms with Gasteiger partial charge in [-0.05, 0) is 56.2 Å². The predicted molar refractivity (Wildman–Crippen MR) is 102 cm³/mol. The minimum atomic E-state index is 0.285. The summed E-state index contributed by atoms with van der Waals surface area (Å²) in [6.45, 7) is 3.93. The minimum Gasteiger partial charge on any atom is -0.342 e. The molecule has 1 aromatic heterocycles. The molecule has 1 amide bonds. The van der Waals surface area contributed by atoms with Crippen molar-refractivity contribution in [1.82, 2.24) is 4.90 Å². The molecule has 1 aromatic carbocycles. The van der Waals surface area contributed by atoms with Gasteiger partial charge in [-0.15, -0.1) is 11.3 Å². The van der Waals surface area contributed by atoms with Gasteiger partial charge in [0.05, 0.1) is 4.34 Å². The summed E-state index contributed by atoms with van der Waals surface area (Å²) in [7, 11) is 0. The molecule has 1 unspecified atom stereocenters. The van der Waals surface area contributed by atoms with E-state index in [1.165, 1.54) is 22.4 Å². The first-order valence-electron chi connectivity index (χ1n) is 8.67. The van der Waals surface area contributed by atoms with E-state index in [1.54, 1.807) is 11.3 Å². The number of rotatable bonds is 5. The van der Waals surface area contributed by atoms with Crippen LogP contribution in [0.2, 0.25) is 4.34 Å². The highest BCUT2D eigenvalue weighted by Crippen LogP contribution is 2.24. The number of aryl methyl sites for hydroxylation is 2. The van der Waals surface area contributed by atoms with E-state index < -0.39 is 0 Å². The SMILES string of the molecule is Cc1ccc(CC2CCCN(C(=O)CCc3ccc(Cl)s3)C2)cc1. The molecule has 1 aliphatic rings. The van der Waals surface area contributed by atoms with Gasteiger partial charge in [0, 0.05) is 24.4 Å². The Morgan fingerprint density at radius 2 is 2.04 bits per heavy atom. The minimum absolute atomic E-state index is 0.285. The van der Waals surface area contributed by atoms with Crippen molar-refractivity contribution in [1.29, 1.82) is 0 Å². The van der Waals surface area contributed by atoms with Crippen molar-refractivity contribution < 1.29 is 4.79 Å². The molecular formula is C20H24ClNOS. The Morgan fingerprint density at radius 1 is 1.25 bits per heavy atom. The lowest BCUT2D eigenvalue weighted by Crippen LogP contribution is -2.40. The molecule has 0 bridgehead atoms. The van der Waals surface area contributed by atoms with Crippen LogP contribution in [-0.4, -0.2) is 23.9 Å². The van der Waals surface area contributed by atoms with Crippen molar-refractivity contribution in [2.75, 3.05) is 13.1 Å². The second kappa shape index (κ2) is 8.17. The third kappa shape index (κ3) is 4.84. The van der Waals surface area contributed by atoms with Crippen LogP contribution in [0.1, 0.15) is 35.3 Å². The van der Waals surface area contributed by atoms with Gasteiger partial charge < -0.3 is 4.90 Å². The highest BCUT2D eigenvalue weighted by Gasteiger charge is 2.23. The number of amides is 1. The van der Waals surface area contributed by atoms with Crippen LogP contribution in [0.15, 0.2) is 36.4 Å². The quantitative estimate of drug-likeness (QED) is 0.723. The zero-order valence-electron chi connectivity index (χ0n) is 14.1. The van der Waals surface area contributed by atoms with E-state index in [2.05, 4.69) is 36.1 Å². The fourth-order valence-corrected chi connectivity index (χ4v) is 4.48. The molecule has 1 aliphatic heterocycles. The maximum Gasteiger partial charge on any atom is 0.222 e. The fraction of sp³-hybridized carbons (Fsp3) is 0.450. The first-order valence-corrected chi connectivity index (χ1v) is 9.87. The van der Waals surface area contributed by atoms with E-state index in [0.717, 1.165) is 36.7 Å². The van der Waals surface area contributed by atoms with E-state index in [0.29, 0.717) is 12.3 Å². The zero-order valence-corrected chi connectivity index (χ0v) is 15.7. The van der Waals surface area contributed by atoms with Crippen LogP contribution in [-0.2, 0) is 17.6 Å². The average Bonchev–Trinajstić information content (AvgIpc) is 3.00. The van der Waals surface area contributed by atoms with Gasteiger partial charge in [-0.25, -0.2) is 0 Å². The molecule has 24 heavy (non-hydrogen) atoms. The van der Waals surface area contributed by atoms with Gasteiger partial charge in [-0.1, -0.05) is 41.4 Å². The molecule has 2 nitrogen and oxygen atoms in total. The van der Waals surface area contributed by atoms with Crippen LogP contribution < -0.4 is 0 Å². The Morgan fingerprint density at radius 3 is 2.75 bits per heavy atom. The normalized spacial score (nSPS) is 17.9. The molecule has 0 saturated carbocycles. The Hall–Kier alpha value is -1.32. The summed E-state index contributed by atoms with van der Waals surface area (Å²) in [5.74, 6) is 0.870. The number of nitrogens with zero attached hydrogens (tertiary/aromatic N) is 1. The maximum absolute atomic E-state index is 12.5. The second-order valence-electron chi connectivity index (χ2n) is 6.74. The van der Waals surface area contributed by atoms with Crippen molar-refractivity contribution in [3.8, 4) is 0 Å². The highest BCUT2D eigenvalue weighted by molar-refractivity contribution is 7.16. The number of likely N-dealkylation sites (tertiary alicyclic amines) is 1. The lowest BCUT2D eigenvalue weighted by Gasteiger charge is -2.33. The Labute approximate surface area is 153 Å². The van der Waals surface area contributed by atoms with Crippen LogP contribution in [0.25, 0.3) is 0 Å².